The molecule has 168 valence electrons. The van der Waals surface area contributed by atoms with Crippen LogP contribution in [0.3, 0.4) is 0 Å². The molecule has 1 aliphatic heterocycles. The molecule has 0 bridgehead atoms. The molecule has 2 N–H and O–H groups in total. The van der Waals surface area contributed by atoms with Gasteiger partial charge in [0, 0.05) is 13.6 Å². The quantitative estimate of drug-likeness (QED) is 0.565. The summed E-state index contributed by atoms with van der Waals surface area (Å²) in [5.41, 5.74) is -0.199. The number of aryl methyl sites for hydroxylation is 3. The summed E-state index contributed by atoms with van der Waals surface area (Å²) in [6.45, 7) is 5.85. The van der Waals surface area contributed by atoms with Gasteiger partial charge in [-0.25, -0.2) is 14.6 Å². The van der Waals surface area contributed by atoms with Crippen molar-refractivity contribution in [3.05, 3.63) is 62.1 Å². The van der Waals surface area contributed by atoms with Crippen LogP contribution in [0.25, 0.3) is 11.2 Å². The highest BCUT2D eigenvalue weighted by Gasteiger charge is 2.49. The average Bonchev–Trinajstić information content (AvgIpc) is 3.18. The molecule has 10 heteroatoms. The summed E-state index contributed by atoms with van der Waals surface area (Å²) in [5, 5.41) is 2.80. The number of benzene rings is 1. The van der Waals surface area contributed by atoms with E-state index in [1.807, 2.05) is 38.1 Å². The number of H-pyrrole nitrogens is 1. The standard InChI is InChI=1S/C22H26N6O4/c1-5-6-11-27-17-16(18(29)24-20(27)31)26(4)15(23-17)12-28-19(30)22(3,25-21(28)32)14-10-8-7-9-13(14)2/h7-10H,5-6,11-12H2,1-4H3,(H,25,32)(H,24,29,31). The van der Waals surface area contributed by atoms with Gasteiger partial charge in [-0.3, -0.25) is 24.0 Å². The molecule has 3 amide bonds. The number of nitrogens with zero attached hydrogens (tertiary/aromatic N) is 4. The second kappa shape index (κ2) is 7.77. The van der Waals surface area contributed by atoms with E-state index in [2.05, 4.69) is 15.3 Å². The molecule has 1 saturated heterocycles. The third-order valence-corrected chi connectivity index (χ3v) is 6.10. The molecule has 1 aliphatic rings. The number of imidazole rings is 1. The Morgan fingerprint density at radius 1 is 1.12 bits per heavy atom. The van der Waals surface area contributed by atoms with Crippen molar-refractivity contribution in [2.45, 2.75) is 52.2 Å². The minimum Gasteiger partial charge on any atom is -0.324 e. The lowest BCUT2D eigenvalue weighted by molar-refractivity contribution is -0.131. The zero-order chi connectivity index (χ0) is 23.2. The number of carbonyl (C=O) groups excluding carboxylic acids is 2. The number of unbranched alkanes of at least 4 members (excludes halogenated alkanes) is 1. The van der Waals surface area contributed by atoms with Gasteiger partial charge in [0.2, 0.25) is 0 Å². The van der Waals surface area contributed by atoms with Gasteiger partial charge in [-0.1, -0.05) is 37.6 Å². The number of aromatic amines is 1. The molecule has 3 aromatic rings. The van der Waals surface area contributed by atoms with Crippen molar-refractivity contribution in [3.8, 4) is 0 Å². The van der Waals surface area contributed by atoms with Crippen LogP contribution >= 0.6 is 0 Å². The van der Waals surface area contributed by atoms with E-state index in [1.165, 1.54) is 9.13 Å². The first-order chi connectivity index (χ1) is 15.2. The molecule has 1 fully saturated rings. The van der Waals surface area contributed by atoms with Crippen molar-refractivity contribution in [2.75, 3.05) is 0 Å². The Hall–Kier alpha value is -3.69. The van der Waals surface area contributed by atoms with Crippen molar-refractivity contribution in [1.29, 1.82) is 0 Å². The number of fused-ring (bicyclic) bond motifs is 1. The van der Waals surface area contributed by atoms with E-state index >= 15 is 0 Å². The SMILES string of the molecule is CCCCn1c(=O)[nH]c(=O)c2c1nc(CN1C(=O)NC(C)(c3ccccc3C)C1=O)n2C. The maximum atomic E-state index is 13.3. The molecule has 1 aromatic carbocycles. The van der Waals surface area contributed by atoms with Gasteiger partial charge in [-0.2, -0.15) is 0 Å². The van der Waals surface area contributed by atoms with Crippen molar-refractivity contribution in [2.24, 2.45) is 7.05 Å². The predicted molar refractivity (Wildman–Crippen MR) is 118 cm³/mol. The fraction of sp³-hybridized carbons (Fsp3) is 0.409. The number of amides is 3. The number of carbonyl (C=O) groups is 2. The third-order valence-electron chi connectivity index (χ3n) is 6.10. The summed E-state index contributed by atoms with van der Waals surface area (Å²) < 4.78 is 2.95. The zero-order valence-electron chi connectivity index (χ0n) is 18.6. The molecule has 0 saturated carbocycles. The monoisotopic (exact) mass is 438 g/mol. The number of imide groups is 1. The molecule has 0 aliphatic carbocycles. The van der Waals surface area contributed by atoms with Crippen LogP contribution < -0.4 is 16.6 Å². The second-order valence-electron chi connectivity index (χ2n) is 8.29. The van der Waals surface area contributed by atoms with E-state index in [1.54, 1.807) is 14.0 Å². The lowest BCUT2D eigenvalue weighted by atomic mass is 9.88. The summed E-state index contributed by atoms with van der Waals surface area (Å²) in [7, 11) is 1.63. The first kappa shape index (κ1) is 21.5. The number of rotatable bonds is 6. The molecule has 3 heterocycles. The van der Waals surface area contributed by atoms with Crippen LogP contribution in [0.5, 0.6) is 0 Å². The van der Waals surface area contributed by atoms with Gasteiger partial charge in [-0.15, -0.1) is 0 Å². The normalized spacial score (nSPS) is 18.6. The van der Waals surface area contributed by atoms with Crippen molar-refractivity contribution < 1.29 is 9.59 Å². The summed E-state index contributed by atoms with van der Waals surface area (Å²) in [6, 6.07) is 6.86. The van der Waals surface area contributed by atoms with Crippen LogP contribution in [-0.2, 0) is 30.5 Å². The van der Waals surface area contributed by atoms with Gasteiger partial charge in [0.15, 0.2) is 11.2 Å². The van der Waals surface area contributed by atoms with Crippen LogP contribution in [0.4, 0.5) is 4.79 Å². The molecule has 1 unspecified atom stereocenters. The number of aromatic nitrogens is 4. The number of hydrogen-bond acceptors (Lipinski definition) is 5. The van der Waals surface area contributed by atoms with Gasteiger partial charge >= 0.3 is 11.7 Å². The Kier molecular flexibility index (Phi) is 5.23. The van der Waals surface area contributed by atoms with Crippen LogP contribution in [-0.4, -0.2) is 35.9 Å². The molecule has 1 atom stereocenters. The van der Waals surface area contributed by atoms with E-state index in [-0.39, 0.29) is 17.7 Å². The second-order valence-corrected chi connectivity index (χ2v) is 8.29. The smallest absolute Gasteiger partial charge is 0.324 e. The van der Waals surface area contributed by atoms with Crippen molar-refractivity contribution >= 4 is 23.1 Å². The maximum Gasteiger partial charge on any atom is 0.330 e. The van der Waals surface area contributed by atoms with Gasteiger partial charge in [-0.05, 0) is 31.4 Å². The van der Waals surface area contributed by atoms with Crippen LogP contribution in [0.15, 0.2) is 33.9 Å². The summed E-state index contributed by atoms with van der Waals surface area (Å²) in [5.74, 6) is -0.0694. The Morgan fingerprint density at radius 2 is 1.84 bits per heavy atom. The van der Waals surface area contributed by atoms with E-state index < -0.39 is 28.7 Å². The highest BCUT2D eigenvalue weighted by Crippen LogP contribution is 2.31. The Balaban J connectivity index is 1.75. The molecular weight excluding hydrogens is 412 g/mol. The summed E-state index contributed by atoms with van der Waals surface area (Å²) >= 11 is 0. The van der Waals surface area contributed by atoms with E-state index in [0.29, 0.717) is 12.4 Å². The summed E-state index contributed by atoms with van der Waals surface area (Å²) in [4.78, 5) is 58.8. The minimum atomic E-state index is -1.20. The van der Waals surface area contributed by atoms with Gasteiger partial charge in [0.05, 0.1) is 6.54 Å². The average molecular weight is 438 g/mol. The first-order valence-electron chi connectivity index (χ1n) is 10.6. The zero-order valence-corrected chi connectivity index (χ0v) is 18.6. The first-order valence-corrected chi connectivity index (χ1v) is 10.6. The molecular formula is C22H26N6O4. The van der Waals surface area contributed by atoms with Crippen LogP contribution in [0, 0.1) is 6.92 Å². The molecule has 0 spiro atoms. The molecule has 10 nitrogen and oxygen atoms in total. The van der Waals surface area contributed by atoms with Gasteiger partial charge in [0.25, 0.3) is 11.5 Å². The Bertz CT molecular complexity index is 1350. The van der Waals surface area contributed by atoms with Gasteiger partial charge in [0.1, 0.15) is 11.4 Å². The lowest BCUT2D eigenvalue weighted by Crippen LogP contribution is -2.41. The number of hydrogen-bond donors (Lipinski definition) is 2. The van der Waals surface area contributed by atoms with Crippen molar-refractivity contribution in [3.63, 3.8) is 0 Å². The predicted octanol–water partition coefficient (Wildman–Crippen LogP) is 1.50. The summed E-state index contributed by atoms with van der Waals surface area (Å²) in [6.07, 6.45) is 1.61. The largest absolute Gasteiger partial charge is 0.330 e. The topological polar surface area (TPSA) is 122 Å². The number of nitrogens with one attached hydrogen (secondary N) is 2. The maximum absolute atomic E-state index is 13.3. The minimum absolute atomic E-state index is 0.126. The molecule has 32 heavy (non-hydrogen) atoms. The Labute approximate surface area is 183 Å². The fourth-order valence-electron chi connectivity index (χ4n) is 4.25. The van der Waals surface area contributed by atoms with E-state index in [4.69, 9.17) is 0 Å². The Morgan fingerprint density at radius 3 is 2.53 bits per heavy atom. The molecule has 0 radical (unpaired) electrons. The van der Waals surface area contributed by atoms with E-state index in [9.17, 15) is 19.2 Å². The van der Waals surface area contributed by atoms with Crippen molar-refractivity contribution in [1.82, 2.24) is 29.3 Å². The molecule has 4 rings (SSSR count). The third kappa shape index (κ3) is 3.22. The fourth-order valence-corrected chi connectivity index (χ4v) is 4.25. The lowest BCUT2D eigenvalue weighted by Gasteiger charge is -2.24. The highest BCUT2D eigenvalue weighted by atomic mass is 16.2. The highest BCUT2D eigenvalue weighted by molar-refractivity contribution is 6.07. The van der Waals surface area contributed by atoms with Gasteiger partial charge < -0.3 is 9.88 Å². The van der Waals surface area contributed by atoms with Crippen LogP contribution in [0.2, 0.25) is 0 Å². The van der Waals surface area contributed by atoms with E-state index in [0.717, 1.165) is 28.9 Å². The number of urea groups is 1. The van der Waals surface area contributed by atoms with Crippen LogP contribution in [0.1, 0.15) is 43.6 Å². The molecule has 2 aromatic heterocycles.